The van der Waals surface area contributed by atoms with Gasteiger partial charge >= 0.3 is 11.9 Å². The number of fused-ring (bicyclic) bond motifs is 1. The van der Waals surface area contributed by atoms with Crippen LogP contribution in [0.15, 0.2) is 0 Å². The lowest BCUT2D eigenvalue weighted by molar-refractivity contribution is -0.285. The molecule has 3 atom stereocenters. The van der Waals surface area contributed by atoms with Crippen LogP contribution in [-0.4, -0.2) is 28.4 Å². The van der Waals surface area contributed by atoms with E-state index >= 15 is 0 Å². The Balaban J connectivity index is 1.70. The lowest BCUT2D eigenvalue weighted by Gasteiger charge is -2.49. The van der Waals surface area contributed by atoms with Crippen molar-refractivity contribution in [3.8, 4) is 11.5 Å². The summed E-state index contributed by atoms with van der Waals surface area (Å²) >= 11 is 0. The maximum absolute atomic E-state index is 12.7. The molecule has 1 saturated heterocycles. The average molecular weight is 545 g/mol. The first-order valence-electron chi connectivity index (χ1n) is 15.2. The van der Waals surface area contributed by atoms with Gasteiger partial charge < -0.3 is 19.3 Å². The van der Waals surface area contributed by atoms with Crippen molar-refractivity contribution in [3.05, 3.63) is 22.3 Å². The third-order valence-corrected chi connectivity index (χ3v) is 9.20. The van der Waals surface area contributed by atoms with Crippen LogP contribution in [0.1, 0.15) is 128 Å². The van der Waals surface area contributed by atoms with Crippen LogP contribution in [0.25, 0.3) is 0 Å². The Kier molecular flexibility index (Phi) is 10.4. The molecule has 1 aromatic rings. The number of ether oxygens (including phenoxy) is 3. The molecule has 0 saturated carbocycles. The maximum Gasteiger partial charge on any atom is 0.309 e. The third-order valence-electron chi connectivity index (χ3n) is 9.20. The van der Waals surface area contributed by atoms with Gasteiger partial charge in [-0.25, -0.2) is 0 Å². The molecular weight excluding hydrogens is 492 g/mol. The molecule has 2 heterocycles. The molecule has 2 aliphatic heterocycles. The molecule has 0 aromatic heterocycles. The summed E-state index contributed by atoms with van der Waals surface area (Å²) < 4.78 is 18.6. The van der Waals surface area contributed by atoms with Crippen LogP contribution in [0, 0.1) is 38.5 Å². The third kappa shape index (κ3) is 7.29. The van der Waals surface area contributed by atoms with Crippen molar-refractivity contribution >= 4 is 11.9 Å². The van der Waals surface area contributed by atoms with Crippen molar-refractivity contribution in [1.82, 2.24) is 0 Å². The molecule has 1 fully saturated rings. The quantitative estimate of drug-likeness (QED) is 0.268. The van der Waals surface area contributed by atoms with Gasteiger partial charge in [-0.05, 0) is 75.0 Å². The molecule has 3 rings (SSSR count). The zero-order chi connectivity index (χ0) is 29.0. The van der Waals surface area contributed by atoms with Crippen LogP contribution in [-0.2, 0) is 25.5 Å². The number of hydrogen-bond donors (Lipinski definition) is 1. The summed E-state index contributed by atoms with van der Waals surface area (Å²) in [5, 5.41) is 10.7. The van der Waals surface area contributed by atoms with Crippen LogP contribution in [0.4, 0.5) is 0 Å². The maximum atomic E-state index is 12.7. The van der Waals surface area contributed by atoms with E-state index < -0.39 is 23.3 Å². The van der Waals surface area contributed by atoms with Crippen molar-refractivity contribution < 1.29 is 28.9 Å². The summed E-state index contributed by atoms with van der Waals surface area (Å²) in [6.07, 6.45) is 10.3. The Hall–Kier alpha value is -2.24. The van der Waals surface area contributed by atoms with E-state index in [-0.39, 0.29) is 25.0 Å². The zero-order valence-corrected chi connectivity index (χ0v) is 25.7. The smallest absolute Gasteiger partial charge is 0.309 e. The first-order valence-corrected chi connectivity index (χ1v) is 15.2. The summed E-state index contributed by atoms with van der Waals surface area (Å²) in [6.45, 7) is 16.8. The predicted octanol–water partition coefficient (Wildman–Crippen LogP) is 8.03. The number of carbonyl (C=O) groups is 2. The molecule has 1 spiro atoms. The molecule has 0 bridgehead atoms. The first-order chi connectivity index (χ1) is 18.3. The van der Waals surface area contributed by atoms with Gasteiger partial charge in [0.1, 0.15) is 11.5 Å². The van der Waals surface area contributed by atoms with Crippen LogP contribution in [0.3, 0.4) is 0 Å². The number of carbonyl (C=O) groups excluding carboxylic acids is 2. The molecule has 1 N–H and O–H groups in total. The van der Waals surface area contributed by atoms with Crippen molar-refractivity contribution in [1.29, 1.82) is 0 Å². The van der Waals surface area contributed by atoms with E-state index in [0.717, 1.165) is 41.4 Å². The van der Waals surface area contributed by atoms with Gasteiger partial charge in [-0.15, -0.1) is 0 Å². The van der Waals surface area contributed by atoms with Crippen LogP contribution in [0.5, 0.6) is 11.5 Å². The van der Waals surface area contributed by atoms with Gasteiger partial charge in [-0.1, -0.05) is 72.6 Å². The van der Waals surface area contributed by atoms with E-state index in [1.165, 1.54) is 38.5 Å². The fourth-order valence-electron chi connectivity index (χ4n) is 6.23. The molecule has 39 heavy (non-hydrogen) atoms. The van der Waals surface area contributed by atoms with Gasteiger partial charge in [0.05, 0.1) is 19.3 Å². The Bertz CT molecular complexity index is 1010. The number of hydrogen-bond acceptors (Lipinski definition) is 6. The minimum Gasteiger partial charge on any atom is -0.507 e. The standard InChI is InChI=1S/C33H52O6/c1-21(2)12-9-13-22(3)14-10-15-23(4)16-11-19-32(8)33(37-28(34)17-18-29(35)38-33)20-27-26(7)30(36)24(5)25(6)31(27)39-32/h21-23,36H,9-20H2,1-8H3/t22-,23+,32-/m0/s1. The molecule has 220 valence electrons. The van der Waals surface area contributed by atoms with Crippen LogP contribution < -0.4 is 4.74 Å². The van der Waals surface area contributed by atoms with Crippen molar-refractivity contribution in [2.75, 3.05) is 0 Å². The van der Waals surface area contributed by atoms with Crippen LogP contribution >= 0.6 is 0 Å². The van der Waals surface area contributed by atoms with Gasteiger partial charge in [-0.3, -0.25) is 9.59 Å². The van der Waals surface area contributed by atoms with Gasteiger partial charge in [0, 0.05) is 5.56 Å². The molecule has 0 radical (unpaired) electrons. The minimum absolute atomic E-state index is 0.00634. The number of phenolic OH excluding ortho intramolecular Hbond substituents is 1. The Morgan fingerprint density at radius 2 is 1.26 bits per heavy atom. The largest absolute Gasteiger partial charge is 0.507 e. The van der Waals surface area contributed by atoms with E-state index in [1.54, 1.807) is 0 Å². The highest BCUT2D eigenvalue weighted by Crippen LogP contribution is 2.51. The summed E-state index contributed by atoms with van der Waals surface area (Å²) in [6, 6.07) is 0. The SMILES string of the molecule is Cc1c(C)c2c(c(C)c1O)CC1(OC(=O)CCC(=O)O1)[C@](C)(CCC[C@H](C)CCC[C@@H](C)CCCC(C)C)O2. The van der Waals surface area contributed by atoms with E-state index in [9.17, 15) is 14.7 Å². The molecule has 6 nitrogen and oxygen atoms in total. The summed E-state index contributed by atoms with van der Waals surface area (Å²) in [4.78, 5) is 25.3. The molecule has 2 aliphatic rings. The summed E-state index contributed by atoms with van der Waals surface area (Å²) in [5.41, 5.74) is 1.98. The normalized spacial score (nSPS) is 22.1. The Labute approximate surface area is 236 Å². The number of phenols is 1. The second-order valence-electron chi connectivity index (χ2n) is 13.1. The van der Waals surface area contributed by atoms with Gasteiger partial charge in [0.2, 0.25) is 0 Å². The Morgan fingerprint density at radius 3 is 1.79 bits per heavy atom. The number of rotatable bonds is 12. The monoisotopic (exact) mass is 544 g/mol. The fraction of sp³-hybridized carbons (Fsp3) is 0.758. The highest BCUT2D eigenvalue weighted by molar-refractivity contribution is 5.80. The molecule has 6 heteroatoms. The lowest BCUT2D eigenvalue weighted by Crippen LogP contribution is -2.63. The van der Waals surface area contributed by atoms with E-state index in [4.69, 9.17) is 14.2 Å². The number of aromatic hydroxyl groups is 1. The highest BCUT2D eigenvalue weighted by Gasteiger charge is 2.61. The second-order valence-corrected chi connectivity index (χ2v) is 13.1. The zero-order valence-electron chi connectivity index (χ0n) is 25.7. The van der Waals surface area contributed by atoms with E-state index in [2.05, 4.69) is 27.7 Å². The molecule has 1 aromatic carbocycles. The topological polar surface area (TPSA) is 82.1 Å². The van der Waals surface area contributed by atoms with Gasteiger partial charge in [0.15, 0.2) is 5.60 Å². The molecular formula is C33H52O6. The average Bonchev–Trinajstić information content (AvgIpc) is 3.00. The summed E-state index contributed by atoms with van der Waals surface area (Å²) in [7, 11) is 0. The fourth-order valence-corrected chi connectivity index (χ4v) is 6.23. The lowest BCUT2D eigenvalue weighted by atomic mass is 9.78. The molecule has 0 aliphatic carbocycles. The number of benzene rings is 1. The van der Waals surface area contributed by atoms with Gasteiger partial charge in [0.25, 0.3) is 5.79 Å². The van der Waals surface area contributed by atoms with Crippen molar-refractivity contribution in [2.45, 2.75) is 144 Å². The second kappa shape index (κ2) is 13.0. The van der Waals surface area contributed by atoms with E-state index in [1.807, 2.05) is 27.7 Å². The van der Waals surface area contributed by atoms with Crippen molar-refractivity contribution in [3.63, 3.8) is 0 Å². The van der Waals surface area contributed by atoms with Crippen molar-refractivity contribution in [2.24, 2.45) is 17.8 Å². The van der Waals surface area contributed by atoms with Crippen LogP contribution in [0.2, 0.25) is 0 Å². The first kappa shape index (κ1) is 31.3. The molecule has 0 amide bonds. The predicted molar refractivity (Wildman–Crippen MR) is 154 cm³/mol. The number of esters is 2. The summed E-state index contributed by atoms with van der Waals surface area (Å²) in [5.74, 6) is 0.563. The highest BCUT2D eigenvalue weighted by atomic mass is 16.8. The minimum atomic E-state index is -1.56. The van der Waals surface area contributed by atoms with E-state index in [0.29, 0.717) is 23.7 Å². The Morgan fingerprint density at radius 1 is 0.744 bits per heavy atom. The molecule has 0 unspecified atom stereocenters. The van der Waals surface area contributed by atoms with Gasteiger partial charge in [-0.2, -0.15) is 0 Å².